The molecule has 6 heteroatoms. The predicted octanol–water partition coefficient (Wildman–Crippen LogP) is 4.30. The molecule has 0 aliphatic carbocycles. The second kappa shape index (κ2) is 9.49. The zero-order valence-electron chi connectivity index (χ0n) is 14.0. The highest BCUT2D eigenvalue weighted by atomic mass is 32.2. The highest BCUT2D eigenvalue weighted by Crippen LogP contribution is 2.29. The minimum absolute atomic E-state index is 0.0627. The topological polar surface area (TPSA) is 47.6 Å². The monoisotopic (exact) mass is 363 g/mol. The maximum atomic E-state index is 12.1. The van der Waals surface area contributed by atoms with Crippen LogP contribution in [0, 0.1) is 0 Å². The number of hydrogen-bond acceptors (Lipinski definition) is 5. The summed E-state index contributed by atoms with van der Waals surface area (Å²) < 4.78 is 10.4. The molecule has 0 radical (unpaired) electrons. The fraction of sp³-hybridized carbons (Fsp3) is 0.278. The Morgan fingerprint density at radius 3 is 2.46 bits per heavy atom. The number of carbonyl (C=O) groups excluding carboxylic acids is 1. The third-order valence-electron chi connectivity index (χ3n) is 3.34. The van der Waals surface area contributed by atoms with E-state index in [4.69, 9.17) is 9.47 Å². The van der Waals surface area contributed by atoms with Crippen molar-refractivity contribution in [1.29, 1.82) is 0 Å². The van der Waals surface area contributed by atoms with Crippen molar-refractivity contribution in [2.24, 2.45) is 0 Å². The molecule has 2 rings (SSSR count). The number of hydrogen-bond donors (Lipinski definition) is 1. The molecule has 0 spiro atoms. The van der Waals surface area contributed by atoms with Crippen LogP contribution < -0.4 is 14.8 Å². The van der Waals surface area contributed by atoms with E-state index in [1.165, 1.54) is 10.5 Å². The van der Waals surface area contributed by atoms with Crippen molar-refractivity contribution in [1.82, 2.24) is 0 Å². The summed E-state index contributed by atoms with van der Waals surface area (Å²) >= 11 is 3.30. The van der Waals surface area contributed by atoms with Crippen LogP contribution in [0.5, 0.6) is 11.5 Å². The molecule has 0 bridgehead atoms. The third-order valence-corrected chi connectivity index (χ3v) is 5.09. The fourth-order valence-corrected chi connectivity index (χ4v) is 3.28. The molecule has 2 aromatic rings. The average Bonchev–Trinajstić information content (AvgIpc) is 2.62. The smallest absolute Gasteiger partial charge is 0.234 e. The van der Waals surface area contributed by atoms with Crippen molar-refractivity contribution in [3.63, 3.8) is 0 Å². The Morgan fingerprint density at radius 1 is 1.08 bits per heavy atom. The molecule has 128 valence electrons. The lowest BCUT2D eigenvalue weighted by molar-refractivity contribution is -0.113. The Morgan fingerprint density at radius 2 is 1.83 bits per heavy atom. The van der Waals surface area contributed by atoms with Gasteiger partial charge in [0.2, 0.25) is 5.91 Å². The maximum absolute atomic E-state index is 12.1. The number of benzene rings is 2. The van der Waals surface area contributed by atoms with Crippen LogP contribution in [0.2, 0.25) is 0 Å². The summed E-state index contributed by atoms with van der Waals surface area (Å²) in [7, 11) is 3.16. The largest absolute Gasteiger partial charge is 0.497 e. The first-order valence-corrected chi connectivity index (χ1v) is 9.76. The number of carbonyl (C=O) groups is 1. The van der Waals surface area contributed by atoms with E-state index in [9.17, 15) is 4.79 Å². The van der Waals surface area contributed by atoms with E-state index < -0.39 is 0 Å². The van der Waals surface area contributed by atoms with E-state index >= 15 is 0 Å². The highest BCUT2D eigenvalue weighted by molar-refractivity contribution is 7.99. The highest BCUT2D eigenvalue weighted by Gasteiger charge is 2.09. The summed E-state index contributed by atoms with van der Waals surface area (Å²) in [5.74, 6) is 2.41. The first-order chi connectivity index (χ1) is 11.7. The number of nitrogens with one attached hydrogen (secondary N) is 1. The van der Waals surface area contributed by atoms with Crippen molar-refractivity contribution in [2.75, 3.05) is 31.5 Å². The number of rotatable bonds is 8. The second-order valence-corrected chi connectivity index (χ2v) is 6.82. The number of methoxy groups -OCH3 is 2. The molecule has 0 fully saturated rings. The van der Waals surface area contributed by atoms with Gasteiger partial charge in [0.15, 0.2) is 0 Å². The van der Waals surface area contributed by atoms with Crippen LogP contribution in [0.15, 0.2) is 47.4 Å². The lowest BCUT2D eigenvalue weighted by Gasteiger charge is -2.11. The molecule has 0 aliphatic rings. The molecular formula is C18H21NO3S2. The molecular weight excluding hydrogens is 342 g/mol. The Labute approximate surface area is 151 Å². The van der Waals surface area contributed by atoms with Gasteiger partial charge in [-0.05, 0) is 36.1 Å². The van der Waals surface area contributed by atoms with Gasteiger partial charge >= 0.3 is 0 Å². The van der Waals surface area contributed by atoms with Crippen LogP contribution in [0.1, 0.15) is 5.56 Å². The standard InChI is InChI=1S/C18H21NO3S2/c1-21-14-6-9-17(22-2)16(10-14)19-18(20)12-24-11-13-4-7-15(23-3)8-5-13/h4-10H,11-12H2,1-3H3,(H,19,20). The summed E-state index contributed by atoms with van der Waals surface area (Å²) in [4.78, 5) is 13.4. The summed E-state index contributed by atoms with van der Waals surface area (Å²) in [5.41, 5.74) is 1.83. The normalized spacial score (nSPS) is 10.3. The van der Waals surface area contributed by atoms with Gasteiger partial charge < -0.3 is 14.8 Å². The fourth-order valence-electron chi connectivity index (χ4n) is 2.08. The zero-order chi connectivity index (χ0) is 17.4. The molecule has 0 aromatic heterocycles. The Bertz CT molecular complexity index is 674. The van der Waals surface area contributed by atoms with Gasteiger partial charge in [-0.1, -0.05) is 12.1 Å². The van der Waals surface area contributed by atoms with E-state index in [2.05, 4.69) is 35.8 Å². The lowest BCUT2D eigenvalue weighted by Crippen LogP contribution is -2.15. The SMILES string of the molecule is COc1ccc(OC)c(NC(=O)CSCc2ccc(SC)cc2)c1. The van der Waals surface area contributed by atoms with Crippen molar-refractivity contribution >= 4 is 35.1 Å². The van der Waals surface area contributed by atoms with Crippen molar-refractivity contribution < 1.29 is 14.3 Å². The first kappa shape index (κ1) is 18.5. The lowest BCUT2D eigenvalue weighted by atomic mass is 10.2. The minimum atomic E-state index is -0.0627. The summed E-state index contributed by atoms with van der Waals surface area (Å²) in [6.07, 6.45) is 2.06. The molecule has 0 unspecified atom stereocenters. The van der Waals surface area contributed by atoms with Crippen LogP contribution in [0.4, 0.5) is 5.69 Å². The van der Waals surface area contributed by atoms with Crippen molar-refractivity contribution in [3.05, 3.63) is 48.0 Å². The summed E-state index contributed by atoms with van der Waals surface area (Å²) in [5, 5.41) is 2.87. The Kier molecular flexibility index (Phi) is 7.34. The van der Waals surface area contributed by atoms with Gasteiger partial charge in [-0.15, -0.1) is 23.5 Å². The van der Waals surface area contributed by atoms with Gasteiger partial charge in [-0.2, -0.15) is 0 Å². The van der Waals surface area contributed by atoms with Gasteiger partial charge in [0.25, 0.3) is 0 Å². The number of ether oxygens (including phenoxy) is 2. The molecule has 4 nitrogen and oxygen atoms in total. The molecule has 24 heavy (non-hydrogen) atoms. The van der Waals surface area contributed by atoms with E-state index in [0.29, 0.717) is 22.9 Å². The van der Waals surface area contributed by atoms with Crippen LogP contribution in [-0.2, 0) is 10.5 Å². The Hall–Kier alpha value is -1.79. The van der Waals surface area contributed by atoms with E-state index in [0.717, 1.165) is 5.75 Å². The number of anilines is 1. The second-order valence-electron chi connectivity index (χ2n) is 4.96. The first-order valence-electron chi connectivity index (χ1n) is 7.39. The Balaban J connectivity index is 1.86. The van der Waals surface area contributed by atoms with E-state index in [-0.39, 0.29) is 5.91 Å². The van der Waals surface area contributed by atoms with Gasteiger partial charge in [0.1, 0.15) is 11.5 Å². The number of amides is 1. The van der Waals surface area contributed by atoms with E-state index in [1.807, 2.05) is 0 Å². The maximum Gasteiger partial charge on any atom is 0.234 e. The van der Waals surface area contributed by atoms with Crippen LogP contribution in [0.25, 0.3) is 0 Å². The van der Waals surface area contributed by atoms with Crippen LogP contribution >= 0.6 is 23.5 Å². The molecule has 0 saturated carbocycles. The van der Waals surface area contributed by atoms with E-state index in [1.54, 1.807) is 55.9 Å². The molecule has 1 amide bonds. The van der Waals surface area contributed by atoms with Crippen LogP contribution in [0.3, 0.4) is 0 Å². The van der Waals surface area contributed by atoms with Gasteiger partial charge in [-0.25, -0.2) is 0 Å². The molecule has 0 saturated heterocycles. The number of thioether (sulfide) groups is 2. The molecule has 1 N–H and O–H groups in total. The minimum Gasteiger partial charge on any atom is -0.497 e. The summed E-state index contributed by atoms with van der Waals surface area (Å²) in [6.45, 7) is 0. The average molecular weight is 364 g/mol. The van der Waals surface area contributed by atoms with Gasteiger partial charge in [0.05, 0.1) is 25.7 Å². The molecule has 2 aromatic carbocycles. The third kappa shape index (κ3) is 5.39. The van der Waals surface area contributed by atoms with Gasteiger partial charge in [-0.3, -0.25) is 4.79 Å². The van der Waals surface area contributed by atoms with Crippen molar-refractivity contribution in [3.8, 4) is 11.5 Å². The molecule has 0 atom stereocenters. The van der Waals surface area contributed by atoms with Gasteiger partial charge in [0, 0.05) is 16.7 Å². The molecule has 0 heterocycles. The zero-order valence-corrected chi connectivity index (χ0v) is 15.6. The quantitative estimate of drug-likeness (QED) is 0.709. The summed E-state index contributed by atoms with van der Waals surface area (Å²) in [6, 6.07) is 13.7. The molecule has 0 aliphatic heterocycles. The van der Waals surface area contributed by atoms with Crippen LogP contribution in [-0.4, -0.2) is 32.1 Å². The predicted molar refractivity (Wildman–Crippen MR) is 103 cm³/mol. The van der Waals surface area contributed by atoms with Crippen molar-refractivity contribution in [2.45, 2.75) is 10.6 Å².